The highest BCUT2D eigenvalue weighted by atomic mass is 32.2. The average Bonchev–Trinajstić information content (AvgIpc) is 3.05. The summed E-state index contributed by atoms with van der Waals surface area (Å²) in [4.78, 5) is 18.4. The van der Waals surface area contributed by atoms with Crippen LogP contribution >= 0.6 is 11.8 Å². The number of carbonyl (C=O) groups excluding carboxylic acids is 1. The molecule has 0 spiro atoms. The maximum atomic E-state index is 13.6. The Hall–Kier alpha value is -2.05. The third-order valence-corrected chi connectivity index (χ3v) is 6.24. The lowest BCUT2D eigenvalue weighted by molar-refractivity contribution is -0.143. The first-order chi connectivity index (χ1) is 15.6. The Morgan fingerprint density at radius 3 is 2.50 bits per heavy atom. The number of hydrogen-bond acceptors (Lipinski definition) is 5. The fourth-order valence-electron chi connectivity index (χ4n) is 3.78. The van der Waals surface area contributed by atoms with E-state index in [0.29, 0.717) is 23.9 Å². The Balaban J connectivity index is 1.89. The van der Waals surface area contributed by atoms with Gasteiger partial charge in [0.1, 0.15) is 5.84 Å². The monoisotopic (exact) mass is 509 g/mol. The summed E-state index contributed by atoms with van der Waals surface area (Å²) in [7, 11) is 0. The van der Waals surface area contributed by atoms with E-state index in [9.17, 15) is 36.2 Å². The fraction of sp³-hybridized carbons (Fsp3) is 0.545. The Labute approximate surface area is 197 Å². The number of halogens is 6. The number of piperidine rings is 1. The van der Waals surface area contributed by atoms with Crippen LogP contribution in [-0.4, -0.2) is 45.8 Å². The summed E-state index contributed by atoms with van der Waals surface area (Å²) in [5.41, 5.74) is -3.99. The van der Waals surface area contributed by atoms with Crippen molar-refractivity contribution in [3.8, 4) is 0 Å². The summed E-state index contributed by atoms with van der Waals surface area (Å²) >= 11 is 0.905. The Kier molecular flexibility index (Phi) is 7.73. The minimum atomic E-state index is -4.94. The van der Waals surface area contributed by atoms with Crippen molar-refractivity contribution >= 4 is 22.8 Å². The minimum absolute atomic E-state index is 0.0371. The molecular weight excluding hydrogens is 484 g/mol. The summed E-state index contributed by atoms with van der Waals surface area (Å²) in [6.07, 6.45) is -5.91. The molecule has 12 heteroatoms. The Morgan fingerprint density at radius 1 is 1.18 bits per heavy atom. The molecule has 1 aromatic rings. The van der Waals surface area contributed by atoms with Crippen LogP contribution in [0.25, 0.3) is 0 Å². The molecule has 188 valence electrons. The van der Waals surface area contributed by atoms with Gasteiger partial charge in [0, 0.05) is 12.6 Å². The maximum absolute atomic E-state index is 13.6. The first-order valence-electron chi connectivity index (χ1n) is 10.6. The lowest BCUT2D eigenvalue weighted by Gasteiger charge is -2.35. The van der Waals surface area contributed by atoms with Crippen LogP contribution in [0.5, 0.6) is 0 Å². The van der Waals surface area contributed by atoms with E-state index >= 15 is 0 Å². The normalized spacial score (nSPS) is 23.1. The lowest BCUT2D eigenvalue weighted by Crippen LogP contribution is -2.38. The van der Waals surface area contributed by atoms with Crippen LogP contribution in [0.3, 0.4) is 0 Å². The van der Waals surface area contributed by atoms with Crippen LogP contribution < -0.4 is 5.32 Å². The predicted octanol–water partition coefficient (Wildman–Crippen LogP) is 5.59. The number of carbonyl (C=O) groups is 1. The number of benzene rings is 1. The number of thioether (sulfide) groups is 1. The van der Waals surface area contributed by atoms with Gasteiger partial charge in [-0.1, -0.05) is 12.5 Å². The van der Waals surface area contributed by atoms with Gasteiger partial charge in [-0.25, -0.2) is 0 Å². The van der Waals surface area contributed by atoms with Gasteiger partial charge in [0.15, 0.2) is 0 Å². The molecule has 2 fully saturated rings. The topological polar surface area (TPSA) is 64.9 Å². The van der Waals surface area contributed by atoms with Crippen LogP contribution in [0, 0.1) is 0 Å². The van der Waals surface area contributed by atoms with Gasteiger partial charge in [-0.3, -0.25) is 14.7 Å². The molecule has 3 rings (SSSR count). The van der Waals surface area contributed by atoms with Crippen LogP contribution in [0.2, 0.25) is 0 Å². The molecule has 1 aromatic carbocycles. The second-order valence-electron chi connectivity index (χ2n) is 8.92. The number of alkyl halides is 6. The van der Waals surface area contributed by atoms with E-state index in [1.54, 1.807) is 24.8 Å². The minimum Gasteiger partial charge on any atom is -0.389 e. The molecule has 2 N–H and O–H groups in total. The molecule has 0 saturated carbocycles. The van der Waals surface area contributed by atoms with E-state index in [2.05, 4.69) is 10.3 Å². The van der Waals surface area contributed by atoms with Crippen molar-refractivity contribution in [1.29, 1.82) is 0 Å². The van der Waals surface area contributed by atoms with Crippen molar-refractivity contribution in [1.82, 2.24) is 10.2 Å². The largest absolute Gasteiger partial charge is 0.416 e. The van der Waals surface area contributed by atoms with Crippen molar-refractivity contribution in [3.05, 3.63) is 45.9 Å². The molecule has 2 aliphatic heterocycles. The maximum Gasteiger partial charge on any atom is 0.416 e. The molecule has 2 heterocycles. The molecule has 2 saturated heterocycles. The van der Waals surface area contributed by atoms with Gasteiger partial charge in [-0.05, 0) is 68.8 Å². The third-order valence-electron chi connectivity index (χ3n) is 5.40. The smallest absolute Gasteiger partial charge is 0.389 e. The number of rotatable bonds is 5. The molecule has 5 nitrogen and oxygen atoms in total. The number of hydrogen-bond donors (Lipinski definition) is 2. The van der Waals surface area contributed by atoms with Crippen molar-refractivity contribution in [3.63, 3.8) is 0 Å². The molecule has 0 radical (unpaired) electrons. The van der Waals surface area contributed by atoms with E-state index in [4.69, 9.17) is 0 Å². The molecule has 1 unspecified atom stereocenters. The number of aliphatic hydroxyl groups is 1. The van der Waals surface area contributed by atoms with Gasteiger partial charge in [-0.15, -0.1) is 0 Å². The van der Waals surface area contributed by atoms with Crippen LogP contribution in [0.1, 0.15) is 49.8 Å². The number of amidine groups is 1. The fourth-order valence-corrected chi connectivity index (χ4v) is 4.57. The summed E-state index contributed by atoms with van der Waals surface area (Å²) in [5, 5.41) is 12.1. The third kappa shape index (κ3) is 6.98. The Morgan fingerprint density at radius 2 is 1.88 bits per heavy atom. The Bertz CT molecular complexity index is 982. The van der Waals surface area contributed by atoms with Crippen LogP contribution in [0.4, 0.5) is 31.1 Å². The zero-order valence-electron chi connectivity index (χ0n) is 18.6. The lowest BCUT2D eigenvalue weighted by atomic mass is 9.98. The first kappa shape index (κ1) is 26.6. The van der Waals surface area contributed by atoms with Crippen molar-refractivity contribution in [2.75, 3.05) is 13.1 Å². The van der Waals surface area contributed by atoms with Gasteiger partial charge < -0.3 is 10.4 Å². The van der Waals surface area contributed by atoms with Crippen molar-refractivity contribution in [2.24, 2.45) is 4.99 Å². The summed E-state index contributed by atoms with van der Waals surface area (Å²) in [6, 6.07) is 1.37. The highest BCUT2D eigenvalue weighted by Crippen LogP contribution is 2.38. The van der Waals surface area contributed by atoms with E-state index < -0.39 is 29.1 Å². The number of nitrogens with zero attached hydrogens (tertiary/aromatic N) is 2. The number of aliphatic imine (C=N–C) groups is 1. The molecule has 1 atom stereocenters. The zero-order valence-corrected chi connectivity index (χ0v) is 19.4. The number of amides is 1. The van der Waals surface area contributed by atoms with Gasteiger partial charge in [0.05, 0.1) is 28.2 Å². The second-order valence-corrected chi connectivity index (χ2v) is 9.94. The SMILES string of the molecule is CC(C)(O)CN=C1NC(=O)S/C1=C\C1CCCCN1Cc1ccc(C(F)(F)F)cc1C(F)(F)F. The van der Waals surface area contributed by atoms with Crippen LogP contribution in [0.15, 0.2) is 34.2 Å². The summed E-state index contributed by atoms with van der Waals surface area (Å²) in [5.74, 6) is 0.285. The van der Waals surface area contributed by atoms with Crippen molar-refractivity contribution in [2.45, 2.75) is 63.7 Å². The highest BCUT2D eigenvalue weighted by Gasteiger charge is 2.39. The van der Waals surface area contributed by atoms with E-state index in [-0.39, 0.29) is 41.8 Å². The number of likely N-dealkylation sites (tertiary alicyclic amines) is 1. The summed E-state index contributed by atoms with van der Waals surface area (Å²) in [6.45, 7) is 3.43. The van der Waals surface area contributed by atoms with E-state index in [1.165, 1.54) is 0 Å². The van der Waals surface area contributed by atoms with Gasteiger partial charge >= 0.3 is 12.4 Å². The highest BCUT2D eigenvalue weighted by molar-refractivity contribution is 8.18. The summed E-state index contributed by atoms with van der Waals surface area (Å²) < 4.78 is 79.7. The molecule has 1 amide bonds. The average molecular weight is 510 g/mol. The van der Waals surface area contributed by atoms with Gasteiger partial charge in [0.2, 0.25) is 0 Å². The van der Waals surface area contributed by atoms with E-state index in [0.717, 1.165) is 30.7 Å². The predicted molar refractivity (Wildman–Crippen MR) is 117 cm³/mol. The van der Waals surface area contributed by atoms with Crippen LogP contribution in [-0.2, 0) is 18.9 Å². The first-order valence-corrected chi connectivity index (χ1v) is 11.4. The second kappa shape index (κ2) is 9.90. The molecule has 2 aliphatic rings. The number of nitrogens with one attached hydrogen (secondary N) is 1. The van der Waals surface area contributed by atoms with Crippen molar-refractivity contribution < 1.29 is 36.2 Å². The van der Waals surface area contributed by atoms with E-state index in [1.807, 2.05) is 0 Å². The molecule has 0 aliphatic carbocycles. The van der Waals surface area contributed by atoms with Gasteiger partial charge in [0.25, 0.3) is 5.24 Å². The molecule has 0 bridgehead atoms. The molecule has 0 aromatic heterocycles. The molecular formula is C22H25F6N3O2S. The quantitative estimate of drug-likeness (QED) is 0.508. The zero-order chi connectivity index (χ0) is 25.3. The molecule has 34 heavy (non-hydrogen) atoms. The van der Waals surface area contributed by atoms with Gasteiger partial charge in [-0.2, -0.15) is 26.3 Å². The standard InChI is InChI=1S/C22H25F6N3O2S/c1-20(2,33)12-29-18-17(34-19(32)30-18)10-15-5-3-4-8-31(15)11-13-6-7-14(21(23,24)25)9-16(13)22(26,27)28/h6-7,9-10,15,33H,3-5,8,11-12H2,1-2H3,(H,29,30,32)/b17-10-.